The van der Waals surface area contributed by atoms with Crippen molar-refractivity contribution in [2.24, 2.45) is 0 Å². The highest BCUT2D eigenvalue weighted by Gasteiger charge is 1.97. The Kier molecular flexibility index (Phi) is 2.12. The largest absolute Gasteiger partial charge is 0.399 e. The summed E-state index contributed by atoms with van der Waals surface area (Å²) >= 11 is 0. The van der Waals surface area contributed by atoms with Gasteiger partial charge in [0.15, 0.2) is 0 Å². The van der Waals surface area contributed by atoms with E-state index in [9.17, 15) is 4.39 Å². The Morgan fingerprint density at radius 3 is 2.82 bits per heavy atom. The Labute approximate surface area is 65.0 Å². The van der Waals surface area contributed by atoms with Crippen LogP contribution in [0.15, 0.2) is 18.2 Å². The van der Waals surface area contributed by atoms with E-state index < -0.39 is 0 Å². The topological polar surface area (TPSA) is 26.0 Å². The van der Waals surface area contributed by atoms with Crippen LogP contribution >= 0.6 is 0 Å². The highest BCUT2D eigenvalue weighted by atomic mass is 19.1. The number of nitrogen functional groups attached to an aromatic ring is 1. The first-order chi connectivity index (χ1) is 5.24. The van der Waals surface area contributed by atoms with Crippen molar-refractivity contribution in [1.29, 1.82) is 0 Å². The summed E-state index contributed by atoms with van der Waals surface area (Å²) in [6, 6.07) is 4.34. The van der Waals surface area contributed by atoms with Gasteiger partial charge in [0.1, 0.15) is 5.82 Å². The lowest BCUT2D eigenvalue weighted by Crippen LogP contribution is -1.88. The zero-order valence-electron chi connectivity index (χ0n) is 6.19. The molecule has 1 aromatic carbocycles. The molecule has 0 heterocycles. The molecule has 0 fully saturated rings. The highest BCUT2D eigenvalue weighted by Crippen LogP contribution is 2.10. The van der Waals surface area contributed by atoms with Gasteiger partial charge in [-0.1, -0.05) is 5.92 Å². The van der Waals surface area contributed by atoms with Crippen molar-refractivity contribution in [3.05, 3.63) is 29.6 Å². The summed E-state index contributed by atoms with van der Waals surface area (Å²) in [5.74, 6) is 4.89. The van der Waals surface area contributed by atoms with Crippen molar-refractivity contribution in [2.45, 2.75) is 6.92 Å². The molecule has 1 rings (SSSR count). The third kappa shape index (κ3) is 1.71. The average molecular weight is 149 g/mol. The van der Waals surface area contributed by atoms with E-state index >= 15 is 0 Å². The number of hydrogen-bond acceptors (Lipinski definition) is 1. The van der Waals surface area contributed by atoms with Crippen molar-refractivity contribution in [2.75, 3.05) is 5.73 Å². The predicted molar refractivity (Wildman–Crippen MR) is 43.4 cm³/mol. The Balaban J connectivity index is 3.19. The second-order valence-electron chi connectivity index (χ2n) is 2.11. The fourth-order valence-corrected chi connectivity index (χ4v) is 0.773. The number of nitrogens with two attached hydrogens (primary N) is 1. The van der Waals surface area contributed by atoms with E-state index in [1.165, 1.54) is 18.2 Å². The van der Waals surface area contributed by atoms with Gasteiger partial charge in [-0.2, -0.15) is 0 Å². The zero-order valence-corrected chi connectivity index (χ0v) is 6.19. The number of hydrogen-bond donors (Lipinski definition) is 1. The number of anilines is 1. The van der Waals surface area contributed by atoms with Gasteiger partial charge in [0.25, 0.3) is 0 Å². The molecular weight excluding hydrogens is 141 g/mol. The SMILES string of the molecule is CC#Cc1cc(N)ccc1F. The van der Waals surface area contributed by atoms with Crippen molar-refractivity contribution in [3.63, 3.8) is 0 Å². The molecule has 0 radical (unpaired) electrons. The monoisotopic (exact) mass is 149 g/mol. The molecule has 0 aliphatic carbocycles. The lowest BCUT2D eigenvalue weighted by molar-refractivity contribution is 0.624. The molecular formula is C9H8FN. The van der Waals surface area contributed by atoms with Gasteiger partial charge in [-0.05, 0) is 25.1 Å². The van der Waals surface area contributed by atoms with Gasteiger partial charge in [0.05, 0.1) is 5.56 Å². The van der Waals surface area contributed by atoms with E-state index in [1.807, 2.05) is 0 Å². The predicted octanol–water partition coefficient (Wildman–Crippen LogP) is 1.78. The van der Waals surface area contributed by atoms with Crippen LogP contribution in [0.4, 0.5) is 10.1 Å². The second-order valence-corrected chi connectivity index (χ2v) is 2.11. The molecule has 0 amide bonds. The van der Waals surface area contributed by atoms with E-state index in [1.54, 1.807) is 6.92 Å². The lowest BCUT2D eigenvalue weighted by atomic mass is 10.2. The first-order valence-electron chi connectivity index (χ1n) is 3.22. The van der Waals surface area contributed by atoms with Gasteiger partial charge >= 0.3 is 0 Å². The minimum absolute atomic E-state index is 0.325. The zero-order chi connectivity index (χ0) is 8.27. The van der Waals surface area contributed by atoms with Crippen LogP contribution in [0, 0.1) is 17.7 Å². The van der Waals surface area contributed by atoms with Crippen molar-refractivity contribution in [1.82, 2.24) is 0 Å². The maximum atomic E-state index is 12.8. The lowest BCUT2D eigenvalue weighted by Gasteiger charge is -1.95. The summed E-state index contributed by atoms with van der Waals surface area (Å²) in [4.78, 5) is 0. The van der Waals surface area contributed by atoms with Crippen molar-refractivity contribution in [3.8, 4) is 11.8 Å². The molecule has 0 atom stereocenters. The summed E-state index contributed by atoms with van der Waals surface area (Å²) in [5.41, 5.74) is 6.31. The second kappa shape index (κ2) is 3.07. The molecule has 1 nitrogen and oxygen atoms in total. The Morgan fingerprint density at radius 2 is 2.18 bits per heavy atom. The normalized spacial score (nSPS) is 8.55. The van der Waals surface area contributed by atoms with Crippen molar-refractivity contribution < 1.29 is 4.39 Å². The quantitative estimate of drug-likeness (QED) is 0.441. The van der Waals surface area contributed by atoms with Gasteiger partial charge in [0, 0.05) is 5.69 Å². The van der Waals surface area contributed by atoms with Crippen LogP contribution in [0.2, 0.25) is 0 Å². The van der Waals surface area contributed by atoms with E-state index in [0.29, 0.717) is 11.3 Å². The fourth-order valence-electron chi connectivity index (χ4n) is 0.773. The van der Waals surface area contributed by atoms with Crippen LogP contribution in [0.1, 0.15) is 12.5 Å². The molecule has 0 saturated heterocycles. The smallest absolute Gasteiger partial charge is 0.138 e. The number of rotatable bonds is 0. The molecule has 2 heteroatoms. The molecule has 0 saturated carbocycles. The molecule has 1 aromatic rings. The summed E-state index contributed by atoms with van der Waals surface area (Å²) in [5, 5.41) is 0. The maximum Gasteiger partial charge on any atom is 0.138 e. The van der Waals surface area contributed by atoms with Crippen LogP contribution in [0.5, 0.6) is 0 Å². The molecule has 0 aliphatic heterocycles. The molecule has 56 valence electrons. The average Bonchev–Trinajstić information content (AvgIpc) is 1.98. The van der Waals surface area contributed by atoms with E-state index in [0.717, 1.165) is 0 Å². The van der Waals surface area contributed by atoms with Crippen LogP contribution in [-0.2, 0) is 0 Å². The first kappa shape index (κ1) is 7.62. The van der Waals surface area contributed by atoms with E-state index in [-0.39, 0.29) is 5.82 Å². The number of benzene rings is 1. The highest BCUT2D eigenvalue weighted by molar-refractivity contribution is 5.47. The molecule has 11 heavy (non-hydrogen) atoms. The Bertz CT molecular complexity index is 320. The van der Waals surface area contributed by atoms with E-state index in [4.69, 9.17) is 5.73 Å². The third-order valence-electron chi connectivity index (χ3n) is 1.25. The molecule has 0 spiro atoms. The number of halogens is 1. The first-order valence-corrected chi connectivity index (χ1v) is 3.22. The Morgan fingerprint density at radius 1 is 1.45 bits per heavy atom. The van der Waals surface area contributed by atoms with Gasteiger partial charge in [-0.3, -0.25) is 0 Å². The van der Waals surface area contributed by atoms with E-state index in [2.05, 4.69) is 11.8 Å². The molecule has 0 aromatic heterocycles. The van der Waals surface area contributed by atoms with Crippen LogP contribution in [0.3, 0.4) is 0 Å². The Hall–Kier alpha value is -1.49. The minimum Gasteiger partial charge on any atom is -0.399 e. The molecule has 0 bridgehead atoms. The minimum atomic E-state index is -0.325. The molecule has 0 aliphatic rings. The summed E-state index contributed by atoms with van der Waals surface area (Å²) in [6.45, 7) is 1.66. The summed E-state index contributed by atoms with van der Waals surface area (Å²) in [6.07, 6.45) is 0. The summed E-state index contributed by atoms with van der Waals surface area (Å²) in [7, 11) is 0. The van der Waals surface area contributed by atoms with Crippen LogP contribution < -0.4 is 5.73 Å². The van der Waals surface area contributed by atoms with Crippen LogP contribution in [0.25, 0.3) is 0 Å². The fraction of sp³-hybridized carbons (Fsp3) is 0.111. The van der Waals surface area contributed by atoms with Gasteiger partial charge in [-0.25, -0.2) is 4.39 Å². The summed E-state index contributed by atoms with van der Waals surface area (Å²) < 4.78 is 12.8. The van der Waals surface area contributed by atoms with Crippen molar-refractivity contribution >= 4 is 5.69 Å². The van der Waals surface area contributed by atoms with Gasteiger partial charge in [0.2, 0.25) is 0 Å². The van der Waals surface area contributed by atoms with Crippen LogP contribution in [-0.4, -0.2) is 0 Å². The third-order valence-corrected chi connectivity index (χ3v) is 1.25. The maximum absolute atomic E-state index is 12.8. The van der Waals surface area contributed by atoms with Gasteiger partial charge < -0.3 is 5.73 Å². The molecule has 2 N–H and O–H groups in total. The van der Waals surface area contributed by atoms with Gasteiger partial charge in [-0.15, -0.1) is 5.92 Å². The standard InChI is InChI=1S/C9H8FN/c1-2-3-7-6-8(11)4-5-9(7)10/h4-6H,11H2,1H3. The molecule has 0 unspecified atom stereocenters.